The fourth-order valence-electron chi connectivity index (χ4n) is 2.61. The zero-order valence-electron chi connectivity index (χ0n) is 11.0. The predicted molar refractivity (Wildman–Crippen MR) is 81.1 cm³/mol. The van der Waals surface area contributed by atoms with Crippen LogP contribution >= 0.6 is 11.3 Å². The molecule has 4 nitrogen and oxygen atoms in total. The lowest BCUT2D eigenvalue weighted by Crippen LogP contribution is -2.14. The van der Waals surface area contributed by atoms with Crippen LogP contribution in [0.1, 0.15) is 22.1 Å². The summed E-state index contributed by atoms with van der Waals surface area (Å²) in [6.45, 7) is 1.93. The summed E-state index contributed by atoms with van der Waals surface area (Å²) < 4.78 is 0. The second-order valence-corrected chi connectivity index (χ2v) is 5.77. The minimum atomic E-state index is -0.241. The summed E-state index contributed by atoms with van der Waals surface area (Å²) in [5.74, 6) is -0.211. The molecule has 5 heteroatoms. The number of hydrogen-bond donors (Lipinski definition) is 1. The molecule has 0 amide bonds. The topological polar surface area (TPSA) is 58.9 Å². The summed E-state index contributed by atoms with van der Waals surface area (Å²) in [4.78, 5) is 15.1. The number of hydrogen-bond acceptors (Lipinski definition) is 3. The summed E-state index contributed by atoms with van der Waals surface area (Å²) >= 11 is 1.56. The highest BCUT2D eigenvalue weighted by atomic mass is 32.1. The third-order valence-electron chi connectivity index (χ3n) is 3.57. The van der Waals surface area contributed by atoms with Gasteiger partial charge < -0.3 is 4.98 Å². The quantitative estimate of drug-likeness (QED) is 0.583. The van der Waals surface area contributed by atoms with Crippen molar-refractivity contribution in [2.45, 2.75) is 12.8 Å². The number of nitrogens with zero attached hydrogens (tertiary/aromatic N) is 1. The van der Waals surface area contributed by atoms with Crippen molar-refractivity contribution in [1.82, 2.24) is 4.98 Å². The highest BCUT2D eigenvalue weighted by molar-refractivity contribution is 7.10. The summed E-state index contributed by atoms with van der Waals surface area (Å²) in [7, 11) is 0. The van der Waals surface area contributed by atoms with Gasteiger partial charge in [0.1, 0.15) is 0 Å². The summed E-state index contributed by atoms with van der Waals surface area (Å²) in [6, 6.07) is 11.9. The summed E-state index contributed by atoms with van der Waals surface area (Å²) in [5.41, 5.74) is 3.08. The molecule has 0 saturated heterocycles. The van der Waals surface area contributed by atoms with Crippen LogP contribution in [0.2, 0.25) is 0 Å². The standard InChI is InChI=1S/C15H14N2O2S/c1-10-11-5-2-3-6-13(11)16-15(10)12(9-17(18)19)14-7-4-8-20-14/h2-8,12,16H,9H2,1H3/t12-/m0/s1. The number of rotatable bonds is 4. The Hall–Kier alpha value is -2.14. The molecule has 1 aromatic carbocycles. The fraction of sp³-hybridized carbons (Fsp3) is 0.200. The molecule has 1 N–H and O–H groups in total. The Kier molecular flexibility index (Phi) is 3.28. The molecule has 3 rings (SSSR count). The second-order valence-electron chi connectivity index (χ2n) is 4.79. The Labute approximate surface area is 120 Å². The molecule has 102 valence electrons. The molecular weight excluding hydrogens is 272 g/mol. The van der Waals surface area contributed by atoms with Gasteiger partial charge in [-0.3, -0.25) is 10.1 Å². The van der Waals surface area contributed by atoms with Crippen LogP contribution in [0.5, 0.6) is 0 Å². The molecule has 0 unspecified atom stereocenters. The van der Waals surface area contributed by atoms with E-state index in [9.17, 15) is 10.1 Å². The highest BCUT2D eigenvalue weighted by Crippen LogP contribution is 2.33. The van der Waals surface area contributed by atoms with Crippen LogP contribution in [0.3, 0.4) is 0 Å². The number of aromatic amines is 1. The molecule has 0 aliphatic carbocycles. The van der Waals surface area contributed by atoms with Crippen LogP contribution < -0.4 is 0 Å². The van der Waals surface area contributed by atoms with E-state index in [1.807, 2.05) is 48.7 Å². The van der Waals surface area contributed by atoms with E-state index in [1.54, 1.807) is 11.3 Å². The molecule has 0 spiro atoms. The Morgan fingerprint density at radius 2 is 2.10 bits per heavy atom. The van der Waals surface area contributed by atoms with Crippen molar-refractivity contribution >= 4 is 22.2 Å². The van der Waals surface area contributed by atoms with Gasteiger partial charge in [0.15, 0.2) is 0 Å². The molecule has 0 fully saturated rings. The average Bonchev–Trinajstić information content (AvgIpc) is 3.05. The number of aryl methyl sites for hydroxylation is 1. The third-order valence-corrected chi connectivity index (χ3v) is 4.56. The highest BCUT2D eigenvalue weighted by Gasteiger charge is 2.25. The zero-order chi connectivity index (χ0) is 14.1. The van der Waals surface area contributed by atoms with Crippen molar-refractivity contribution < 1.29 is 4.92 Å². The van der Waals surface area contributed by atoms with Gasteiger partial charge in [0.2, 0.25) is 6.54 Å². The Morgan fingerprint density at radius 3 is 2.75 bits per heavy atom. The van der Waals surface area contributed by atoms with Gasteiger partial charge >= 0.3 is 0 Å². The maximum atomic E-state index is 11.0. The molecule has 0 bridgehead atoms. The van der Waals surface area contributed by atoms with E-state index in [1.165, 1.54) is 0 Å². The molecule has 0 saturated carbocycles. The number of benzene rings is 1. The molecular formula is C15H14N2O2S. The lowest BCUT2D eigenvalue weighted by atomic mass is 9.99. The van der Waals surface area contributed by atoms with E-state index < -0.39 is 0 Å². The second kappa shape index (κ2) is 5.09. The van der Waals surface area contributed by atoms with Crippen molar-refractivity contribution in [3.05, 3.63) is 68.0 Å². The van der Waals surface area contributed by atoms with Gasteiger partial charge in [-0.2, -0.15) is 0 Å². The van der Waals surface area contributed by atoms with Crippen LogP contribution in [0, 0.1) is 17.0 Å². The predicted octanol–water partition coefficient (Wildman–Crippen LogP) is 3.95. The minimum Gasteiger partial charge on any atom is -0.357 e. The number of para-hydroxylation sites is 1. The van der Waals surface area contributed by atoms with Crippen LogP contribution in [0.4, 0.5) is 0 Å². The van der Waals surface area contributed by atoms with Gasteiger partial charge in [0.05, 0.1) is 5.92 Å². The van der Waals surface area contributed by atoms with Gasteiger partial charge in [0, 0.05) is 26.4 Å². The lowest BCUT2D eigenvalue weighted by Gasteiger charge is -2.11. The zero-order valence-corrected chi connectivity index (χ0v) is 11.8. The minimum absolute atomic E-state index is 0.0891. The van der Waals surface area contributed by atoms with E-state index in [0.717, 1.165) is 27.0 Å². The SMILES string of the molecule is Cc1c([C@@H](C[N+](=O)[O-])c2cccs2)[nH]c2ccccc12. The van der Waals surface area contributed by atoms with E-state index >= 15 is 0 Å². The number of H-pyrrole nitrogens is 1. The van der Waals surface area contributed by atoms with Gasteiger partial charge in [0.25, 0.3) is 0 Å². The smallest absolute Gasteiger partial charge is 0.216 e. The van der Waals surface area contributed by atoms with Crippen LogP contribution in [-0.2, 0) is 0 Å². The Morgan fingerprint density at radius 1 is 1.30 bits per heavy atom. The first-order valence-corrected chi connectivity index (χ1v) is 7.27. The number of nitro groups is 1. The van der Waals surface area contributed by atoms with Crippen molar-refractivity contribution in [2.24, 2.45) is 0 Å². The van der Waals surface area contributed by atoms with E-state index in [4.69, 9.17) is 0 Å². The molecule has 0 aliphatic heterocycles. The largest absolute Gasteiger partial charge is 0.357 e. The van der Waals surface area contributed by atoms with Crippen molar-refractivity contribution in [3.63, 3.8) is 0 Å². The Bertz CT molecular complexity index is 746. The lowest BCUT2D eigenvalue weighted by molar-refractivity contribution is -0.481. The van der Waals surface area contributed by atoms with E-state index in [0.29, 0.717) is 0 Å². The molecule has 2 heterocycles. The van der Waals surface area contributed by atoms with Crippen molar-refractivity contribution in [3.8, 4) is 0 Å². The molecule has 3 aromatic rings. The Balaban J connectivity index is 2.14. The van der Waals surface area contributed by atoms with Gasteiger partial charge in [-0.15, -0.1) is 11.3 Å². The van der Waals surface area contributed by atoms with E-state index in [2.05, 4.69) is 4.98 Å². The van der Waals surface area contributed by atoms with Gasteiger partial charge in [-0.05, 0) is 30.0 Å². The normalized spacial score (nSPS) is 12.7. The number of aromatic nitrogens is 1. The van der Waals surface area contributed by atoms with Gasteiger partial charge in [-0.25, -0.2) is 0 Å². The van der Waals surface area contributed by atoms with Crippen LogP contribution in [-0.4, -0.2) is 16.5 Å². The van der Waals surface area contributed by atoms with Gasteiger partial charge in [-0.1, -0.05) is 24.3 Å². The first-order chi connectivity index (χ1) is 9.66. The molecule has 0 aliphatic rings. The molecule has 2 aromatic heterocycles. The first kappa shape index (κ1) is 12.9. The van der Waals surface area contributed by atoms with Crippen LogP contribution in [0.15, 0.2) is 41.8 Å². The van der Waals surface area contributed by atoms with Crippen molar-refractivity contribution in [1.29, 1.82) is 0 Å². The maximum absolute atomic E-state index is 11.0. The summed E-state index contributed by atoms with van der Waals surface area (Å²) in [5, 5.41) is 14.1. The summed E-state index contributed by atoms with van der Waals surface area (Å²) in [6.07, 6.45) is 0. The number of thiophene rings is 1. The number of nitrogens with one attached hydrogen (secondary N) is 1. The first-order valence-electron chi connectivity index (χ1n) is 6.39. The average molecular weight is 286 g/mol. The third kappa shape index (κ3) is 2.20. The van der Waals surface area contributed by atoms with E-state index in [-0.39, 0.29) is 17.4 Å². The molecule has 20 heavy (non-hydrogen) atoms. The molecule has 1 atom stereocenters. The monoisotopic (exact) mass is 286 g/mol. The van der Waals surface area contributed by atoms with Crippen molar-refractivity contribution in [2.75, 3.05) is 6.54 Å². The number of fused-ring (bicyclic) bond motifs is 1. The maximum Gasteiger partial charge on any atom is 0.216 e. The van der Waals surface area contributed by atoms with Crippen LogP contribution in [0.25, 0.3) is 10.9 Å². The fourth-order valence-corrected chi connectivity index (χ4v) is 3.44. The molecule has 0 radical (unpaired) electrons.